The molecular weight excluding hydrogens is 614 g/mol. The van der Waals surface area contributed by atoms with Gasteiger partial charge in [0.05, 0.1) is 35.8 Å². The van der Waals surface area contributed by atoms with Gasteiger partial charge in [0.2, 0.25) is 0 Å². The normalized spacial score (nSPS) is 8.77. The molecule has 0 fully saturated rings. The first-order valence-electron chi connectivity index (χ1n) is 5.18. The smallest absolute Gasteiger partial charge is 0.545 e. The molecule has 26 heavy (non-hydrogen) atoms. The molecule has 0 unspecified atom stereocenters. The van der Waals surface area contributed by atoms with Gasteiger partial charge >= 0.3 is 71.2 Å². The molecule has 0 rings (SSSR count). The topological polar surface area (TPSA) is 241 Å². The predicted octanol–water partition coefficient (Wildman–Crippen LogP) is -8.87. The van der Waals surface area contributed by atoms with Crippen LogP contribution in [0, 0.1) is 71.2 Å². The molecule has 0 saturated heterocycles. The zero-order valence-electron chi connectivity index (χ0n) is 12.5. The summed E-state index contributed by atoms with van der Waals surface area (Å²) in [6, 6.07) is 0. The van der Waals surface area contributed by atoms with E-state index < -0.39 is 35.8 Å². The van der Waals surface area contributed by atoms with Gasteiger partial charge < -0.3 is 59.4 Å². The largest absolute Gasteiger partial charge is 3.00 e. The van der Waals surface area contributed by atoms with Crippen molar-refractivity contribution < 1.29 is 131 Å². The van der Waals surface area contributed by atoms with Gasteiger partial charge in [0.1, 0.15) is 0 Å². The summed E-state index contributed by atoms with van der Waals surface area (Å²) in [7, 11) is 0. The number of carboxylic acids is 6. The van der Waals surface area contributed by atoms with Crippen LogP contribution >= 0.6 is 0 Å². The third-order valence-corrected chi connectivity index (χ3v) is 1.07. The van der Waals surface area contributed by atoms with Gasteiger partial charge in [-0.3, -0.25) is 0 Å². The van der Waals surface area contributed by atoms with Crippen molar-refractivity contribution >= 4 is 35.8 Å². The van der Waals surface area contributed by atoms with Crippen LogP contribution in [-0.4, -0.2) is 35.8 Å². The maximum Gasteiger partial charge on any atom is 3.00 e. The molecule has 0 aromatic rings. The van der Waals surface area contributed by atoms with Crippen LogP contribution in [0.5, 0.6) is 0 Å². The van der Waals surface area contributed by atoms with Gasteiger partial charge in [-0.25, -0.2) is 0 Å². The van der Waals surface area contributed by atoms with Crippen molar-refractivity contribution in [1.29, 1.82) is 0 Å². The molecule has 0 bridgehead atoms. The molecule has 132 valence electrons. The molecule has 0 heterocycles. The van der Waals surface area contributed by atoms with E-state index in [-0.39, 0.29) is 71.2 Å². The van der Waals surface area contributed by atoms with Crippen molar-refractivity contribution in [3.63, 3.8) is 0 Å². The van der Waals surface area contributed by atoms with E-state index in [0.717, 1.165) is 0 Å². The Bertz CT molecular complexity index is 448. The van der Waals surface area contributed by atoms with Crippen LogP contribution in [0.4, 0.5) is 0 Å². The zero-order chi connectivity index (χ0) is 19.7. The molecule has 0 saturated carbocycles. The summed E-state index contributed by atoms with van der Waals surface area (Å²) in [5.41, 5.74) is 0. The van der Waals surface area contributed by atoms with Crippen LogP contribution in [0.1, 0.15) is 0 Å². The second-order valence-electron chi connectivity index (χ2n) is 2.91. The molecule has 14 heteroatoms. The van der Waals surface area contributed by atoms with Gasteiger partial charge in [-0.2, -0.15) is 0 Å². The molecule has 0 radical (unpaired) electrons. The fraction of sp³-hybridized carbons (Fsp3) is 0. The number of rotatable bonds is 6. The van der Waals surface area contributed by atoms with E-state index in [0.29, 0.717) is 36.5 Å². The summed E-state index contributed by atoms with van der Waals surface area (Å²) in [4.78, 5) is 56.5. The monoisotopic (exact) mass is 620 g/mol. The average Bonchev–Trinajstić information content (AvgIpc) is 2.42. The quantitative estimate of drug-likeness (QED) is 0.252. The standard InChI is InChI=1S/3C4H4O4.2La/c3*5-3(6)1-2-4(7)8;;/h3*1-2H,(H,5,6)(H,7,8);;/q;;;2*+3/p-6/b2-1+;2*2-1-;;. The van der Waals surface area contributed by atoms with Gasteiger partial charge in [-0.15, -0.1) is 0 Å². The fourth-order valence-corrected chi connectivity index (χ4v) is 0.408. The Balaban J connectivity index is -0.0000000817. The SMILES string of the molecule is O=C([O-])/C=C/C(=O)[O-].O=C([O-])/C=C\C(=O)[O-].O=C([O-])/C=C\C(=O)[O-].[La+3].[La+3]. The van der Waals surface area contributed by atoms with Crippen molar-refractivity contribution in [3.8, 4) is 0 Å². The second-order valence-corrected chi connectivity index (χ2v) is 2.91. The summed E-state index contributed by atoms with van der Waals surface area (Å²) < 4.78 is 0. The Kier molecular flexibility index (Phi) is 32.0. The van der Waals surface area contributed by atoms with E-state index in [2.05, 4.69) is 0 Å². The molecule has 0 amide bonds. The van der Waals surface area contributed by atoms with Crippen molar-refractivity contribution in [1.82, 2.24) is 0 Å². The predicted molar refractivity (Wildman–Crippen MR) is 57.5 cm³/mol. The van der Waals surface area contributed by atoms with Crippen LogP contribution in [0.25, 0.3) is 0 Å². The van der Waals surface area contributed by atoms with Crippen LogP contribution in [0.15, 0.2) is 36.5 Å². The third kappa shape index (κ3) is 57.1. The van der Waals surface area contributed by atoms with Crippen LogP contribution < -0.4 is 30.6 Å². The van der Waals surface area contributed by atoms with Crippen molar-refractivity contribution in [2.75, 3.05) is 0 Å². The number of carboxylic acid groups (broad SMARTS) is 6. The van der Waals surface area contributed by atoms with Gasteiger partial charge in [0, 0.05) is 0 Å². The van der Waals surface area contributed by atoms with Gasteiger partial charge in [0.25, 0.3) is 0 Å². The molecule has 0 aliphatic rings. The zero-order valence-corrected chi connectivity index (χ0v) is 19.8. The Hall–Kier alpha value is -1.57. The number of hydrogen-bond acceptors (Lipinski definition) is 12. The fourth-order valence-electron chi connectivity index (χ4n) is 0.408. The summed E-state index contributed by atoms with van der Waals surface area (Å²) in [5, 5.41) is 56.5. The Morgan fingerprint density at radius 3 is 0.462 bits per heavy atom. The molecular formula is C12H6La2O12. The first kappa shape index (κ1) is 35.5. The minimum atomic E-state index is -1.55. The number of aliphatic carboxylic acids is 6. The Morgan fingerprint density at radius 1 is 0.346 bits per heavy atom. The minimum absolute atomic E-state index is 0. The first-order valence-corrected chi connectivity index (χ1v) is 5.18. The summed E-state index contributed by atoms with van der Waals surface area (Å²) in [5.74, 6) is -9.28. The minimum Gasteiger partial charge on any atom is -0.545 e. The molecule has 0 atom stereocenters. The Labute approximate surface area is 201 Å². The van der Waals surface area contributed by atoms with Crippen LogP contribution in [0.3, 0.4) is 0 Å². The number of carbonyl (C=O) groups is 6. The molecule has 0 aliphatic heterocycles. The molecule has 0 aliphatic carbocycles. The third-order valence-electron chi connectivity index (χ3n) is 1.07. The molecule has 0 aromatic heterocycles. The van der Waals surface area contributed by atoms with Crippen LogP contribution in [0.2, 0.25) is 0 Å². The van der Waals surface area contributed by atoms with E-state index in [1.54, 1.807) is 0 Å². The van der Waals surface area contributed by atoms with E-state index in [9.17, 15) is 59.4 Å². The van der Waals surface area contributed by atoms with Crippen molar-refractivity contribution in [2.45, 2.75) is 0 Å². The van der Waals surface area contributed by atoms with E-state index in [1.165, 1.54) is 0 Å². The molecule has 0 spiro atoms. The summed E-state index contributed by atoms with van der Waals surface area (Å²) in [6.45, 7) is 0. The summed E-state index contributed by atoms with van der Waals surface area (Å²) in [6.07, 6.45) is 2.31. The summed E-state index contributed by atoms with van der Waals surface area (Å²) >= 11 is 0. The molecule has 0 aromatic carbocycles. The van der Waals surface area contributed by atoms with E-state index in [4.69, 9.17) is 0 Å². The van der Waals surface area contributed by atoms with Gasteiger partial charge in [-0.1, -0.05) is 0 Å². The number of carbonyl (C=O) groups excluding carboxylic acids is 6. The average molecular weight is 620 g/mol. The Morgan fingerprint density at radius 2 is 0.423 bits per heavy atom. The second kappa shape index (κ2) is 23.4. The maximum absolute atomic E-state index is 9.41. The van der Waals surface area contributed by atoms with Crippen molar-refractivity contribution in [3.05, 3.63) is 36.5 Å². The van der Waals surface area contributed by atoms with Gasteiger partial charge in [-0.05, 0) is 36.5 Å². The maximum atomic E-state index is 9.41. The first-order chi connectivity index (χ1) is 10.9. The number of hydrogen-bond donors (Lipinski definition) is 0. The molecule has 0 N–H and O–H groups in total. The van der Waals surface area contributed by atoms with Crippen molar-refractivity contribution in [2.24, 2.45) is 0 Å². The molecule has 12 nitrogen and oxygen atoms in total. The van der Waals surface area contributed by atoms with Crippen LogP contribution in [-0.2, 0) is 28.8 Å². The van der Waals surface area contributed by atoms with E-state index in [1.807, 2.05) is 0 Å². The van der Waals surface area contributed by atoms with Gasteiger partial charge in [0.15, 0.2) is 0 Å². The van der Waals surface area contributed by atoms with E-state index >= 15 is 0 Å².